The van der Waals surface area contributed by atoms with Crippen LogP contribution < -0.4 is 10.5 Å². The van der Waals surface area contributed by atoms with Gasteiger partial charge in [0.05, 0.1) is 17.3 Å². The summed E-state index contributed by atoms with van der Waals surface area (Å²) in [5.41, 5.74) is 5.42. The molecule has 0 atom stereocenters. The van der Waals surface area contributed by atoms with E-state index in [-0.39, 0.29) is 10.8 Å². The lowest BCUT2D eigenvalue weighted by Gasteiger charge is -2.02. The van der Waals surface area contributed by atoms with Gasteiger partial charge in [0, 0.05) is 16.8 Å². The molecule has 0 aliphatic rings. The van der Waals surface area contributed by atoms with Crippen molar-refractivity contribution in [2.45, 2.75) is 11.4 Å². The molecule has 0 spiro atoms. The van der Waals surface area contributed by atoms with Crippen LogP contribution in [0.4, 0.5) is 5.95 Å². The average Bonchev–Trinajstić information content (AvgIpc) is 2.79. The normalized spacial score (nSPS) is 11.4. The Labute approximate surface area is 102 Å². The molecule has 2 aromatic heterocycles. The van der Waals surface area contributed by atoms with E-state index in [0.717, 1.165) is 4.88 Å². The summed E-state index contributed by atoms with van der Waals surface area (Å²) in [4.78, 5) is 4.67. The Morgan fingerprint density at radius 3 is 2.82 bits per heavy atom. The van der Waals surface area contributed by atoms with Crippen molar-refractivity contribution < 1.29 is 8.42 Å². The number of sulfonamides is 1. The van der Waals surface area contributed by atoms with Crippen LogP contribution in [0.5, 0.6) is 0 Å². The molecule has 17 heavy (non-hydrogen) atoms. The predicted molar refractivity (Wildman–Crippen MR) is 62.8 cm³/mol. The van der Waals surface area contributed by atoms with Gasteiger partial charge in [-0.25, -0.2) is 18.1 Å². The van der Waals surface area contributed by atoms with Crippen LogP contribution in [0.2, 0.25) is 0 Å². The number of thiophene rings is 1. The van der Waals surface area contributed by atoms with Crippen LogP contribution in [0.3, 0.4) is 0 Å². The number of hydrogen-bond acceptors (Lipinski definition) is 7. The summed E-state index contributed by atoms with van der Waals surface area (Å²) < 4.78 is 26.0. The zero-order valence-corrected chi connectivity index (χ0v) is 10.2. The third-order valence-corrected chi connectivity index (χ3v) is 4.27. The van der Waals surface area contributed by atoms with Gasteiger partial charge in [-0.2, -0.15) is 5.10 Å². The summed E-state index contributed by atoms with van der Waals surface area (Å²) in [6.07, 6.45) is 2.71. The molecule has 90 valence electrons. The molecule has 0 saturated heterocycles. The van der Waals surface area contributed by atoms with Gasteiger partial charge >= 0.3 is 0 Å². The minimum atomic E-state index is -3.66. The third kappa shape index (κ3) is 2.75. The third-order valence-electron chi connectivity index (χ3n) is 1.85. The van der Waals surface area contributed by atoms with Gasteiger partial charge in [0.25, 0.3) is 16.0 Å². The number of nitrogens with two attached hydrogens (primary N) is 1. The van der Waals surface area contributed by atoms with Gasteiger partial charge < -0.3 is 5.73 Å². The van der Waals surface area contributed by atoms with E-state index < -0.39 is 10.0 Å². The van der Waals surface area contributed by atoms with E-state index in [4.69, 9.17) is 5.73 Å². The lowest BCUT2D eigenvalue weighted by molar-refractivity contribution is 0.601. The lowest BCUT2D eigenvalue weighted by atomic mass is 10.5. The van der Waals surface area contributed by atoms with Crippen molar-refractivity contribution in [3.05, 3.63) is 28.7 Å². The second-order valence-corrected chi connectivity index (χ2v) is 5.70. The lowest BCUT2D eigenvalue weighted by Crippen LogP contribution is -2.14. The SMILES string of the molecule is NCc1cc(S(=O)(=O)Nc2nccnn2)cs1. The van der Waals surface area contributed by atoms with Crippen molar-refractivity contribution in [2.75, 3.05) is 4.72 Å². The van der Waals surface area contributed by atoms with E-state index in [2.05, 4.69) is 19.9 Å². The first kappa shape index (κ1) is 11.9. The Bertz CT molecular complexity index is 595. The number of nitrogens with one attached hydrogen (secondary N) is 1. The molecule has 7 nitrogen and oxygen atoms in total. The van der Waals surface area contributed by atoms with Crippen molar-refractivity contribution in [2.24, 2.45) is 5.73 Å². The zero-order chi connectivity index (χ0) is 12.3. The molecule has 0 aliphatic carbocycles. The predicted octanol–water partition coefficient (Wildman–Crippen LogP) is 0.193. The van der Waals surface area contributed by atoms with E-state index in [1.807, 2.05) is 0 Å². The molecule has 3 N–H and O–H groups in total. The molecule has 0 amide bonds. The van der Waals surface area contributed by atoms with Crippen LogP contribution in [0.15, 0.2) is 28.7 Å². The fourth-order valence-electron chi connectivity index (χ4n) is 1.08. The van der Waals surface area contributed by atoms with Crippen LogP contribution >= 0.6 is 11.3 Å². The van der Waals surface area contributed by atoms with Crippen molar-refractivity contribution in [3.8, 4) is 0 Å². The maximum atomic E-state index is 11.9. The Hall–Kier alpha value is -1.58. The van der Waals surface area contributed by atoms with Gasteiger partial charge in [-0.15, -0.1) is 16.4 Å². The average molecular weight is 271 g/mol. The van der Waals surface area contributed by atoms with Crippen molar-refractivity contribution in [3.63, 3.8) is 0 Å². The van der Waals surface area contributed by atoms with E-state index in [1.165, 1.54) is 35.2 Å². The van der Waals surface area contributed by atoms with Crippen LogP contribution in [-0.4, -0.2) is 23.6 Å². The van der Waals surface area contributed by atoms with E-state index in [0.29, 0.717) is 6.54 Å². The summed E-state index contributed by atoms with van der Waals surface area (Å²) in [6, 6.07) is 1.52. The standard InChI is InChI=1S/C8H9N5O2S2/c9-4-6-3-7(5-16-6)17(14,15)13-8-10-1-2-11-12-8/h1-3,5H,4,9H2,(H,10,12,13). The summed E-state index contributed by atoms with van der Waals surface area (Å²) in [5.74, 6) is -0.0620. The number of anilines is 1. The van der Waals surface area contributed by atoms with E-state index in [9.17, 15) is 8.42 Å². The van der Waals surface area contributed by atoms with Gasteiger partial charge in [-0.05, 0) is 6.07 Å². The molecule has 2 aromatic rings. The van der Waals surface area contributed by atoms with Crippen LogP contribution in [0, 0.1) is 0 Å². The molecular formula is C8H9N5O2S2. The monoisotopic (exact) mass is 271 g/mol. The molecule has 2 heterocycles. The Balaban J connectivity index is 2.25. The molecular weight excluding hydrogens is 262 g/mol. The van der Waals surface area contributed by atoms with E-state index in [1.54, 1.807) is 0 Å². The molecule has 2 rings (SSSR count). The number of hydrogen-bond donors (Lipinski definition) is 2. The summed E-state index contributed by atoms with van der Waals surface area (Å²) in [6.45, 7) is 0.309. The first-order valence-electron chi connectivity index (χ1n) is 4.56. The maximum Gasteiger partial charge on any atom is 0.265 e. The molecule has 0 saturated carbocycles. The Morgan fingerprint density at radius 2 is 2.24 bits per heavy atom. The highest BCUT2D eigenvalue weighted by Gasteiger charge is 2.17. The second kappa shape index (κ2) is 4.73. The summed E-state index contributed by atoms with van der Waals surface area (Å²) >= 11 is 1.29. The Morgan fingerprint density at radius 1 is 1.41 bits per heavy atom. The van der Waals surface area contributed by atoms with Gasteiger partial charge in [0.1, 0.15) is 0 Å². The van der Waals surface area contributed by atoms with Crippen LogP contribution in [0.1, 0.15) is 4.88 Å². The first-order valence-corrected chi connectivity index (χ1v) is 6.92. The molecule has 0 aromatic carbocycles. The topological polar surface area (TPSA) is 111 Å². The molecule has 0 fully saturated rings. The fourth-order valence-corrected chi connectivity index (χ4v) is 3.18. The quantitative estimate of drug-likeness (QED) is 0.821. The van der Waals surface area contributed by atoms with E-state index >= 15 is 0 Å². The molecule has 0 radical (unpaired) electrons. The highest BCUT2D eigenvalue weighted by atomic mass is 32.2. The van der Waals surface area contributed by atoms with Crippen LogP contribution in [0.25, 0.3) is 0 Å². The van der Waals surface area contributed by atoms with Gasteiger partial charge in [-0.3, -0.25) is 0 Å². The second-order valence-electron chi connectivity index (χ2n) is 3.02. The number of nitrogens with zero attached hydrogens (tertiary/aromatic N) is 3. The summed E-state index contributed by atoms with van der Waals surface area (Å²) in [7, 11) is -3.66. The minimum absolute atomic E-state index is 0.0620. The van der Waals surface area contributed by atoms with Gasteiger partial charge in [0.15, 0.2) is 0 Å². The highest BCUT2D eigenvalue weighted by Crippen LogP contribution is 2.20. The van der Waals surface area contributed by atoms with Gasteiger partial charge in [0.2, 0.25) is 0 Å². The van der Waals surface area contributed by atoms with Crippen molar-refractivity contribution in [1.29, 1.82) is 0 Å². The minimum Gasteiger partial charge on any atom is -0.326 e. The van der Waals surface area contributed by atoms with Crippen molar-refractivity contribution >= 4 is 27.3 Å². The van der Waals surface area contributed by atoms with Crippen molar-refractivity contribution in [1.82, 2.24) is 15.2 Å². The fraction of sp³-hybridized carbons (Fsp3) is 0.125. The van der Waals surface area contributed by atoms with Crippen LogP contribution in [-0.2, 0) is 16.6 Å². The molecule has 9 heteroatoms. The Kier molecular flexibility index (Phi) is 3.31. The van der Waals surface area contributed by atoms with Gasteiger partial charge in [-0.1, -0.05) is 0 Å². The number of rotatable bonds is 4. The maximum absolute atomic E-state index is 11.9. The first-order chi connectivity index (χ1) is 8.12. The summed E-state index contributed by atoms with van der Waals surface area (Å²) in [5, 5.41) is 8.59. The highest BCUT2D eigenvalue weighted by molar-refractivity contribution is 7.92. The molecule has 0 unspecified atom stereocenters. The zero-order valence-electron chi connectivity index (χ0n) is 8.57. The number of aromatic nitrogens is 3. The molecule has 0 aliphatic heterocycles. The largest absolute Gasteiger partial charge is 0.326 e. The molecule has 0 bridgehead atoms. The smallest absolute Gasteiger partial charge is 0.265 e.